The normalized spacial score (nSPS) is 13.2. The zero-order chi connectivity index (χ0) is 9.07. The largest absolute Gasteiger partial charge is 0.480 e. The predicted molar refractivity (Wildman–Crippen MR) is 43.2 cm³/mol. The van der Waals surface area contributed by atoms with Crippen molar-refractivity contribution in [1.82, 2.24) is 0 Å². The van der Waals surface area contributed by atoms with E-state index in [1.807, 2.05) is 0 Å². The molecule has 0 aliphatic carbocycles. The first-order valence-corrected chi connectivity index (χ1v) is 5.37. The lowest BCUT2D eigenvalue weighted by molar-refractivity contribution is -0.137. The first kappa shape index (κ1) is 14.2. The van der Waals surface area contributed by atoms with Crippen molar-refractivity contribution in [3.8, 4) is 0 Å². The molecule has 0 unspecified atom stereocenters. The Labute approximate surface area is 72.4 Å². The van der Waals surface area contributed by atoms with Gasteiger partial charge in [0.1, 0.15) is 6.04 Å². The molecule has 0 saturated carbocycles. The van der Waals surface area contributed by atoms with Gasteiger partial charge in [0.25, 0.3) is 0 Å². The Balaban J connectivity index is 0. The van der Waals surface area contributed by atoms with Crippen LogP contribution in [0.2, 0.25) is 0 Å². The van der Waals surface area contributed by atoms with Crippen LogP contribution in [-0.2, 0) is 13.9 Å². The molecule has 0 amide bonds. The zero-order valence-corrected chi connectivity index (χ0v) is 7.43. The fraction of sp³-hybridized carbons (Fsp3) is 0.667. The third-order valence-electron chi connectivity index (χ3n) is 0.714. The van der Waals surface area contributed by atoms with Crippen molar-refractivity contribution >= 4 is 25.9 Å². The molecule has 1 atom stereocenters. The van der Waals surface area contributed by atoms with Gasteiger partial charge < -0.3 is 16.3 Å². The number of carboxylic acids is 1. The van der Waals surface area contributed by atoms with Gasteiger partial charge in [-0.25, -0.2) is 0 Å². The maximum Gasteiger partial charge on any atom is 0.321 e. The number of rotatable bonds is 4. The quantitative estimate of drug-likeness (QED) is 0.369. The van der Waals surface area contributed by atoms with E-state index < -0.39 is 21.2 Å². The van der Waals surface area contributed by atoms with Crippen molar-refractivity contribution in [2.24, 2.45) is 5.73 Å². The number of hydrogen-bond acceptors (Lipinski definition) is 5. The van der Waals surface area contributed by atoms with Gasteiger partial charge in [0.2, 0.25) is 0 Å². The molecule has 7 nitrogen and oxygen atoms in total. The van der Waals surface area contributed by atoms with Crippen molar-refractivity contribution in [2.75, 3.05) is 5.75 Å². The second-order valence-corrected chi connectivity index (χ2v) is 5.05. The molecular formula is C3H9NO6S2. The highest BCUT2D eigenvalue weighted by Crippen LogP contribution is 2.09. The highest BCUT2D eigenvalue weighted by atomic mass is 33.1. The fourth-order valence-electron chi connectivity index (χ4n) is 0.231. The molecule has 12 heavy (non-hydrogen) atoms. The lowest BCUT2D eigenvalue weighted by Crippen LogP contribution is -2.32. The zero-order valence-electron chi connectivity index (χ0n) is 5.80. The minimum Gasteiger partial charge on any atom is -0.480 e. The summed E-state index contributed by atoms with van der Waals surface area (Å²) in [4.78, 5) is 10.0. The van der Waals surface area contributed by atoms with Crippen LogP contribution in [-0.4, -0.2) is 41.3 Å². The van der Waals surface area contributed by atoms with E-state index in [0.717, 1.165) is 0 Å². The molecule has 0 aromatic heterocycles. The minimum absolute atomic E-state index is 0. The molecule has 0 bridgehead atoms. The summed E-state index contributed by atoms with van der Waals surface area (Å²) in [5.41, 5.74) is 4.93. The first-order chi connectivity index (χ1) is 4.83. The molecule has 9 heteroatoms. The Kier molecular flexibility index (Phi) is 6.29. The van der Waals surface area contributed by atoms with Crippen LogP contribution in [0.1, 0.15) is 0 Å². The van der Waals surface area contributed by atoms with Crippen LogP contribution in [0.25, 0.3) is 0 Å². The van der Waals surface area contributed by atoms with Crippen molar-refractivity contribution < 1.29 is 28.3 Å². The topological polar surface area (TPSA) is 149 Å². The van der Waals surface area contributed by atoms with Gasteiger partial charge in [-0.15, -0.1) is 0 Å². The van der Waals surface area contributed by atoms with Gasteiger partial charge in [-0.2, -0.15) is 8.42 Å². The molecular weight excluding hydrogens is 210 g/mol. The van der Waals surface area contributed by atoms with Gasteiger partial charge in [0.15, 0.2) is 0 Å². The van der Waals surface area contributed by atoms with Gasteiger partial charge >= 0.3 is 15.1 Å². The monoisotopic (exact) mass is 219 g/mol. The molecule has 0 fully saturated rings. The second kappa shape index (κ2) is 5.32. The van der Waals surface area contributed by atoms with Crippen LogP contribution in [0, 0.1) is 0 Å². The van der Waals surface area contributed by atoms with Crippen LogP contribution < -0.4 is 5.73 Å². The second-order valence-electron chi connectivity index (χ2n) is 1.66. The van der Waals surface area contributed by atoms with Crippen LogP contribution in [0.15, 0.2) is 0 Å². The molecule has 74 valence electrons. The summed E-state index contributed by atoms with van der Waals surface area (Å²) in [6.07, 6.45) is 0. The van der Waals surface area contributed by atoms with Crippen LogP contribution >= 0.6 is 10.8 Å². The lowest BCUT2D eigenvalue weighted by Gasteiger charge is -2.01. The van der Waals surface area contributed by atoms with Gasteiger partial charge in [0, 0.05) is 5.75 Å². The average Bonchev–Trinajstić information content (AvgIpc) is 1.80. The smallest absolute Gasteiger partial charge is 0.321 e. The molecule has 0 aliphatic rings. The molecule has 0 radical (unpaired) electrons. The van der Waals surface area contributed by atoms with Crippen LogP contribution in [0.5, 0.6) is 0 Å². The lowest BCUT2D eigenvalue weighted by atomic mass is 10.4. The molecule has 6 N–H and O–H groups in total. The van der Waals surface area contributed by atoms with Crippen LogP contribution in [0.3, 0.4) is 0 Å². The Bertz CT molecular complexity index is 235. The Morgan fingerprint density at radius 3 is 2.25 bits per heavy atom. The molecule has 0 aliphatic heterocycles. The minimum atomic E-state index is -4.18. The Morgan fingerprint density at radius 2 is 2.00 bits per heavy atom. The Hall–Kier alpha value is -0.350. The van der Waals surface area contributed by atoms with Crippen molar-refractivity contribution in [1.29, 1.82) is 0 Å². The highest BCUT2D eigenvalue weighted by molar-refractivity contribution is 8.69. The van der Waals surface area contributed by atoms with Crippen molar-refractivity contribution in [3.05, 3.63) is 0 Å². The summed E-state index contributed by atoms with van der Waals surface area (Å²) >= 11 is 0. The summed E-state index contributed by atoms with van der Waals surface area (Å²) in [5.74, 6) is -1.67. The summed E-state index contributed by atoms with van der Waals surface area (Å²) in [5, 5.41) is 8.16. The third kappa shape index (κ3) is 7.75. The highest BCUT2D eigenvalue weighted by Gasteiger charge is 2.15. The van der Waals surface area contributed by atoms with E-state index in [1.54, 1.807) is 0 Å². The van der Waals surface area contributed by atoms with Gasteiger partial charge in [-0.3, -0.25) is 9.35 Å². The summed E-state index contributed by atoms with van der Waals surface area (Å²) < 4.78 is 28.2. The maximum absolute atomic E-state index is 10.0. The predicted octanol–water partition coefficient (Wildman–Crippen LogP) is -1.89. The summed E-state index contributed by atoms with van der Waals surface area (Å²) in [7, 11) is -4.09. The fourth-order valence-corrected chi connectivity index (χ4v) is 1.65. The summed E-state index contributed by atoms with van der Waals surface area (Å²) in [6.45, 7) is 0. The Morgan fingerprint density at radius 1 is 1.58 bits per heavy atom. The number of nitrogens with two attached hydrogens (primary N) is 1. The first-order valence-electron chi connectivity index (χ1n) is 2.43. The van der Waals surface area contributed by atoms with Gasteiger partial charge in [0.05, 0.1) is 0 Å². The van der Waals surface area contributed by atoms with Crippen molar-refractivity contribution in [3.63, 3.8) is 0 Å². The van der Waals surface area contributed by atoms with Crippen LogP contribution in [0.4, 0.5) is 0 Å². The van der Waals surface area contributed by atoms with E-state index in [2.05, 4.69) is 0 Å². The van der Waals surface area contributed by atoms with E-state index >= 15 is 0 Å². The van der Waals surface area contributed by atoms with Gasteiger partial charge in [-0.05, 0) is 10.8 Å². The standard InChI is InChI=1S/C3H7NO5S2.H2O/c4-2(3(5)6)1-10-11(7,8)9;/h2H,1,4H2,(H,5,6)(H,7,8,9);1H2/t2-;/m0./s1. The van der Waals surface area contributed by atoms with E-state index in [-0.39, 0.29) is 22.0 Å². The van der Waals surface area contributed by atoms with Gasteiger partial charge in [-0.1, -0.05) is 0 Å². The molecule has 0 aromatic rings. The molecule has 0 rings (SSSR count). The van der Waals surface area contributed by atoms with Crippen molar-refractivity contribution in [2.45, 2.75) is 6.04 Å². The van der Waals surface area contributed by atoms with E-state index in [1.165, 1.54) is 0 Å². The molecule has 0 heterocycles. The number of carboxylic acid groups (broad SMARTS) is 1. The molecule has 0 aromatic carbocycles. The number of hydrogen-bond donors (Lipinski definition) is 3. The third-order valence-corrected chi connectivity index (χ3v) is 2.81. The van der Waals surface area contributed by atoms with E-state index in [0.29, 0.717) is 0 Å². The molecule has 0 spiro atoms. The van der Waals surface area contributed by atoms with E-state index in [4.69, 9.17) is 15.4 Å². The van der Waals surface area contributed by atoms with E-state index in [9.17, 15) is 13.2 Å². The number of carbonyl (C=O) groups is 1. The average molecular weight is 219 g/mol. The number of aliphatic carboxylic acids is 1. The molecule has 0 saturated heterocycles. The maximum atomic E-state index is 10.0. The summed E-state index contributed by atoms with van der Waals surface area (Å²) in [6, 6.07) is -1.28. The SMILES string of the molecule is N[C@@H](CSS(=O)(=O)O)C(=O)O.O.